The number of hydrogen-bond acceptors (Lipinski definition) is 8. The van der Waals surface area contributed by atoms with Crippen molar-refractivity contribution < 1.29 is 36.0 Å². The van der Waals surface area contributed by atoms with Gasteiger partial charge in [-0.1, -0.05) is 13.3 Å². The summed E-state index contributed by atoms with van der Waals surface area (Å²) in [7, 11) is -4.61. The molecule has 2 aliphatic rings. The van der Waals surface area contributed by atoms with Crippen LogP contribution < -0.4 is 5.73 Å². The van der Waals surface area contributed by atoms with Crippen molar-refractivity contribution in [3.63, 3.8) is 0 Å². The van der Waals surface area contributed by atoms with Crippen molar-refractivity contribution in [1.29, 1.82) is 0 Å². The maximum atomic E-state index is 12.4. The number of fused-ring (bicyclic) bond motifs is 2. The van der Waals surface area contributed by atoms with E-state index in [1.54, 1.807) is 0 Å². The van der Waals surface area contributed by atoms with Gasteiger partial charge in [0.1, 0.15) is 6.04 Å². The van der Waals surface area contributed by atoms with Crippen LogP contribution >= 0.6 is 0 Å². The Kier molecular flexibility index (Phi) is 6.88. The summed E-state index contributed by atoms with van der Waals surface area (Å²) in [5.41, 5.74) is 4.05. The molecule has 2 aliphatic heterocycles. The van der Waals surface area contributed by atoms with E-state index in [0.29, 0.717) is 24.3 Å². The molecule has 2 heterocycles. The minimum absolute atomic E-state index is 0.136. The first kappa shape index (κ1) is 22.4. The lowest BCUT2D eigenvalue weighted by Crippen LogP contribution is -2.47. The highest BCUT2D eigenvalue weighted by atomic mass is 32.3. The number of esters is 1. The van der Waals surface area contributed by atoms with Gasteiger partial charge in [-0.25, -0.2) is 8.98 Å². The first-order valence-electron chi connectivity index (χ1n) is 9.14. The molecule has 0 aromatic heterocycles. The van der Waals surface area contributed by atoms with Crippen LogP contribution in [-0.2, 0) is 33.2 Å². The zero-order valence-electron chi connectivity index (χ0n) is 16.3. The van der Waals surface area contributed by atoms with Gasteiger partial charge in [-0.3, -0.25) is 9.59 Å². The summed E-state index contributed by atoms with van der Waals surface area (Å²) in [6.07, 6.45) is 2.24. The number of rotatable bonds is 10. The number of urea groups is 1. The number of unbranched alkanes of at least 4 members (excludes halogenated alkanes) is 1. The van der Waals surface area contributed by atoms with Crippen LogP contribution in [-0.4, -0.2) is 68.1 Å². The zero-order chi connectivity index (χ0) is 21.1. The number of ether oxygens (including phenoxy) is 1. The first-order chi connectivity index (χ1) is 13.0. The average Bonchev–Trinajstić information content (AvgIpc) is 2.84. The number of hydrogen-bond donors (Lipinski definition) is 1. The van der Waals surface area contributed by atoms with E-state index in [0.717, 1.165) is 6.42 Å². The van der Waals surface area contributed by atoms with Crippen molar-refractivity contribution in [3.05, 3.63) is 0 Å². The van der Waals surface area contributed by atoms with Gasteiger partial charge < -0.3 is 15.4 Å². The predicted molar refractivity (Wildman–Crippen MR) is 95.6 cm³/mol. The van der Waals surface area contributed by atoms with E-state index >= 15 is 0 Å². The molecule has 0 radical (unpaired) electrons. The molecular weight excluding hydrogens is 394 g/mol. The molecule has 0 aromatic rings. The topological polar surface area (TPSA) is 146 Å². The number of nitrogens with two attached hydrogens (primary N) is 1. The quantitative estimate of drug-likeness (QED) is 0.391. The lowest BCUT2D eigenvalue weighted by molar-refractivity contribution is -0.156. The maximum Gasteiger partial charge on any atom is 0.421 e. The fourth-order valence-corrected chi connectivity index (χ4v) is 3.79. The third-order valence-electron chi connectivity index (χ3n) is 4.67. The third-order valence-corrected chi connectivity index (χ3v) is 5.42. The summed E-state index contributed by atoms with van der Waals surface area (Å²) in [6, 6.07) is -2.09. The van der Waals surface area contributed by atoms with Gasteiger partial charge in [0.25, 0.3) is 0 Å². The van der Waals surface area contributed by atoms with Crippen LogP contribution in [0.3, 0.4) is 0 Å². The molecular formula is C16H27N3O8S. The SMILES string of the molecule is CCCCOC(=O)C(C)(C)COS(=O)(=O)ON1C(=O)N2CC1CCC2C(N)=O. The van der Waals surface area contributed by atoms with E-state index in [1.165, 1.54) is 18.7 Å². The van der Waals surface area contributed by atoms with E-state index < -0.39 is 52.4 Å². The molecule has 28 heavy (non-hydrogen) atoms. The van der Waals surface area contributed by atoms with Crippen molar-refractivity contribution in [2.75, 3.05) is 19.8 Å². The van der Waals surface area contributed by atoms with Crippen LogP contribution in [0.5, 0.6) is 0 Å². The minimum atomic E-state index is -4.61. The lowest BCUT2D eigenvalue weighted by Gasteiger charge is -2.27. The molecule has 0 spiro atoms. The Morgan fingerprint density at radius 3 is 2.57 bits per heavy atom. The predicted octanol–water partition coefficient (Wildman–Crippen LogP) is 0.303. The van der Waals surface area contributed by atoms with Gasteiger partial charge in [-0.2, -0.15) is 13.5 Å². The molecule has 3 amide bonds. The zero-order valence-corrected chi connectivity index (χ0v) is 17.1. The monoisotopic (exact) mass is 421 g/mol. The van der Waals surface area contributed by atoms with Crippen molar-refractivity contribution in [2.24, 2.45) is 11.1 Å². The highest BCUT2D eigenvalue weighted by Crippen LogP contribution is 2.31. The summed E-state index contributed by atoms with van der Waals surface area (Å²) in [5.74, 6) is -1.25. The molecule has 2 atom stereocenters. The van der Waals surface area contributed by atoms with Crippen LogP contribution in [0.1, 0.15) is 46.5 Å². The second-order valence-corrected chi connectivity index (χ2v) is 8.73. The Morgan fingerprint density at radius 1 is 1.29 bits per heavy atom. The van der Waals surface area contributed by atoms with Gasteiger partial charge in [-0.05, 0) is 33.1 Å². The second kappa shape index (κ2) is 8.62. The van der Waals surface area contributed by atoms with Crippen molar-refractivity contribution in [3.8, 4) is 0 Å². The van der Waals surface area contributed by atoms with Gasteiger partial charge in [0, 0.05) is 6.54 Å². The number of carbonyl (C=O) groups excluding carboxylic acids is 3. The lowest BCUT2D eigenvalue weighted by atomic mass is 9.95. The number of amides is 3. The van der Waals surface area contributed by atoms with Gasteiger partial charge in [0.2, 0.25) is 5.91 Å². The molecule has 2 unspecified atom stereocenters. The fraction of sp³-hybridized carbons (Fsp3) is 0.812. The highest BCUT2D eigenvalue weighted by Gasteiger charge is 2.49. The van der Waals surface area contributed by atoms with E-state index in [2.05, 4.69) is 0 Å². The van der Waals surface area contributed by atoms with Gasteiger partial charge in [0.15, 0.2) is 0 Å². The Labute approximate surface area is 164 Å². The van der Waals surface area contributed by atoms with E-state index in [1.807, 2.05) is 6.92 Å². The Bertz CT molecular complexity index is 723. The van der Waals surface area contributed by atoms with Crippen molar-refractivity contribution >= 4 is 28.3 Å². The molecule has 2 N–H and O–H groups in total. The Morgan fingerprint density at radius 2 is 1.96 bits per heavy atom. The summed E-state index contributed by atoms with van der Waals surface area (Å²) >= 11 is 0. The number of carbonyl (C=O) groups is 3. The van der Waals surface area contributed by atoms with Crippen LogP contribution in [0, 0.1) is 5.41 Å². The fourth-order valence-electron chi connectivity index (χ4n) is 2.93. The van der Waals surface area contributed by atoms with E-state index in [9.17, 15) is 22.8 Å². The highest BCUT2D eigenvalue weighted by molar-refractivity contribution is 7.81. The largest absolute Gasteiger partial charge is 0.465 e. The summed E-state index contributed by atoms with van der Waals surface area (Å²) in [4.78, 5) is 37.0. The molecule has 160 valence electrons. The van der Waals surface area contributed by atoms with Crippen LogP contribution in [0.25, 0.3) is 0 Å². The van der Waals surface area contributed by atoms with E-state index in [4.69, 9.17) is 18.9 Å². The standard InChI is InChI=1S/C16H27N3O8S/c1-4-5-8-25-14(21)16(2,3)10-26-28(23,24)27-19-11-6-7-12(13(17)20)18(9-11)15(19)22/h11-12H,4-10H2,1-3H3,(H2,17,20). The average molecular weight is 421 g/mol. The van der Waals surface area contributed by atoms with Gasteiger partial charge in [-0.15, -0.1) is 4.28 Å². The van der Waals surface area contributed by atoms with Gasteiger partial charge >= 0.3 is 22.4 Å². The second-order valence-electron chi connectivity index (χ2n) is 7.53. The molecule has 2 rings (SSSR count). The van der Waals surface area contributed by atoms with Crippen molar-refractivity contribution in [1.82, 2.24) is 9.96 Å². The molecule has 2 bridgehead atoms. The minimum Gasteiger partial charge on any atom is -0.465 e. The molecule has 11 nitrogen and oxygen atoms in total. The number of nitrogens with zero attached hydrogens (tertiary/aromatic N) is 2. The van der Waals surface area contributed by atoms with E-state index in [-0.39, 0.29) is 13.2 Å². The first-order valence-corrected chi connectivity index (χ1v) is 10.5. The number of primary amides is 1. The van der Waals surface area contributed by atoms with Crippen LogP contribution in [0.2, 0.25) is 0 Å². The number of hydroxylamine groups is 2. The smallest absolute Gasteiger partial charge is 0.421 e. The maximum absolute atomic E-state index is 12.4. The summed E-state index contributed by atoms with van der Waals surface area (Å²) in [5, 5.41) is 0.685. The third kappa shape index (κ3) is 5.11. The van der Waals surface area contributed by atoms with Crippen LogP contribution in [0.15, 0.2) is 0 Å². The molecule has 0 aliphatic carbocycles. The molecule has 0 saturated carbocycles. The Hall–Kier alpha value is -1.92. The molecule has 0 aromatic carbocycles. The molecule has 2 fully saturated rings. The Balaban J connectivity index is 1.94. The summed E-state index contributed by atoms with van der Waals surface area (Å²) < 4.78 is 39.0. The normalized spacial score (nSPS) is 22.5. The van der Waals surface area contributed by atoms with Crippen molar-refractivity contribution in [2.45, 2.75) is 58.5 Å². The van der Waals surface area contributed by atoms with Crippen LogP contribution in [0.4, 0.5) is 4.79 Å². The molecule has 2 saturated heterocycles. The summed E-state index contributed by atoms with van der Waals surface area (Å²) in [6.45, 7) is 4.77. The number of piperidine rings is 1. The van der Waals surface area contributed by atoms with Gasteiger partial charge in [0.05, 0.1) is 24.7 Å². The molecule has 12 heteroatoms.